The van der Waals surface area contributed by atoms with Crippen LogP contribution in [0.5, 0.6) is 0 Å². The van der Waals surface area contributed by atoms with E-state index < -0.39 is 0 Å². The van der Waals surface area contributed by atoms with Crippen molar-refractivity contribution < 1.29 is 0 Å². The molecule has 4 nitrogen and oxygen atoms in total. The maximum Gasteiger partial charge on any atom is 0.136 e. The van der Waals surface area contributed by atoms with Gasteiger partial charge in [0.1, 0.15) is 5.65 Å². The summed E-state index contributed by atoms with van der Waals surface area (Å²) in [7, 11) is 0. The molecule has 4 aromatic heterocycles. The average Bonchev–Trinajstić information content (AvgIpc) is 3.18. The van der Waals surface area contributed by atoms with Crippen molar-refractivity contribution in [3.05, 3.63) is 54.4 Å². The van der Waals surface area contributed by atoms with Crippen LogP contribution in [0.4, 0.5) is 0 Å². The second-order valence-corrected chi connectivity index (χ2v) is 5.19. The molecule has 92 valence electrons. The van der Waals surface area contributed by atoms with E-state index >= 15 is 0 Å². The number of nitrogens with zero attached hydrogens (tertiary/aromatic N) is 3. The fraction of sp³-hybridized carbons (Fsp3) is 0. The Bertz CT molecular complexity index is 826. The number of pyridine rings is 1. The first-order valence-electron chi connectivity index (χ1n) is 5.92. The van der Waals surface area contributed by atoms with Crippen molar-refractivity contribution in [3.8, 4) is 21.7 Å². The number of rotatable bonds is 2. The van der Waals surface area contributed by atoms with Crippen LogP contribution in [0.1, 0.15) is 0 Å². The van der Waals surface area contributed by atoms with Gasteiger partial charge in [0, 0.05) is 29.7 Å². The summed E-state index contributed by atoms with van der Waals surface area (Å²) in [5.41, 5.74) is 4.25. The summed E-state index contributed by atoms with van der Waals surface area (Å²) < 4.78 is 2.01. The third-order valence-electron chi connectivity index (χ3n) is 3.11. The minimum Gasteiger partial charge on any atom is -0.306 e. The fourth-order valence-electron chi connectivity index (χ4n) is 2.19. The maximum absolute atomic E-state index is 4.26. The van der Waals surface area contributed by atoms with Crippen LogP contribution in [0.25, 0.3) is 27.3 Å². The molecule has 4 aromatic rings. The van der Waals surface area contributed by atoms with Gasteiger partial charge in [-0.1, -0.05) is 6.07 Å². The topological polar surface area (TPSA) is 46.0 Å². The van der Waals surface area contributed by atoms with E-state index in [0.717, 1.165) is 22.5 Å². The summed E-state index contributed by atoms with van der Waals surface area (Å²) in [5, 5.41) is 9.33. The number of thiophene rings is 1. The van der Waals surface area contributed by atoms with Crippen LogP contribution in [-0.4, -0.2) is 19.6 Å². The maximum atomic E-state index is 4.26. The van der Waals surface area contributed by atoms with E-state index in [1.54, 1.807) is 17.5 Å². The van der Waals surface area contributed by atoms with Gasteiger partial charge in [-0.3, -0.25) is 5.10 Å². The summed E-state index contributed by atoms with van der Waals surface area (Å²) in [6.45, 7) is 0. The molecule has 19 heavy (non-hydrogen) atoms. The highest BCUT2D eigenvalue weighted by Gasteiger charge is 2.11. The van der Waals surface area contributed by atoms with E-state index in [2.05, 4.69) is 38.9 Å². The first kappa shape index (κ1) is 10.5. The molecule has 0 aromatic carbocycles. The van der Waals surface area contributed by atoms with E-state index in [1.807, 2.05) is 28.9 Å². The quantitative estimate of drug-likeness (QED) is 0.604. The predicted molar refractivity (Wildman–Crippen MR) is 76.1 cm³/mol. The van der Waals surface area contributed by atoms with E-state index in [0.29, 0.717) is 0 Å². The highest BCUT2D eigenvalue weighted by atomic mass is 32.1. The molecule has 0 fully saturated rings. The highest BCUT2D eigenvalue weighted by molar-refractivity contribution is 7.13. The molecule has 0 amide bonds. The Hall–Kier alpha value is -2.40. The van der Waals surface area contributed by atoms with Crippen LogP contribution in [0.3, 0.4) is 0 Å². The molecule has 0 bridgehead atoms. The summed E-state index contributed by atoms with van der Waals surface area (Å²) in [5.74, 6) is 0. The molecule has 0 radical (unpaired) electrons. The Morgan fingerprint density at radius 3 is 3.11 bits per heavy atom. The van der Waals surface area contributed by atoms with Crippen molar-refractivity contribution in [2.75, 3.05) is 0 Å². The van der Waals surface area contributed by atoms with Gasteiger partial charge < -0.3 is 4.40 Å². The molecule has 0 aliphatic rings. The predicted octanol–water partition coefficient (Wildman–Crippen LogP) is 3.45. The van der Waals surface area contributed by atoms with Gasteiger partial charge in [0.15, 0.2) is 0 Å². The molecule has 4 rings (SSSR count). The van der Waals surface area contributed by atoms with Crippen molar-refractivity contribution in [1.29, 1.82) is 0 Å². The molecule has 0 aliphatic heterocycles. The molecule has 0 saturated carbocycles. The number of aromatic amines is 1. The van der Waals surface area contributed by atoms with Gasteiger partial charge in [-0.2, -0.15) is 5.10 Å². The van der Waals surface area contributed by atoms with Crippen LogP contribution in [0.2, 0.25) is 0 Å². The van der Waals surface area contributed by atoms with Gasteiger partial charge in [0.25, 0.3) is 0 Å². The van der Waals surface area contributed by atoms with Crippen LogP contribution in [-0.2, 0) is 0 Å². The first-order chi connectivity index (χ1) is 9.42. The molecule has 0 atom stereocenters. The Morgan fingerprint density at radius 1 is 1.21 bits per heavy atom. The molecule has 0 spiro atoms. The highest BCUT2D eigenvalue weighted by Crippen LogP contribution is 2.32. The number of hydrogen-bond donors (Lipinski definition) is 1. The summed E-state index contributed by atoms with van der Waals surface area (Å²) >= 11 is 1.70. The van der Waals surface area contributed by atoms with E-state index in [-0.39, 0.29) is 0 Å². The number of nitrogens with one attached hydrogen (secondary N) is 1. The second kappa shape index (κ2) is 4.07. The Kier molecular flexibility index (Phi) is 2.25. The molecule has 0 unspecified atom stereocenters. The number of imidazole rings is 1. The van der Waals surface area contributed by atoms with Gasteiger partial charge in [-0.05, 0) is 23.6 Å². The van der Waals surface area contributed by atoms with E-state index in [9.17, 15) is 0 Å². The molecule has 4 heterocycles. The zero-order valence-electron chi connectivity index (χ0n) is 9.95. The lowest BCUT2D eigenvalue weighted by Crippen LogP contribution is -1.86. The molecule has 0 saturated heterocycles. The minimum atomic E-state index is 0.949. The van der Waals surface area contributed by atoms with Crippen molar-refractivity contribution in [2.24, 2.45) is 0 Å². The van der Waals surface area contributed by atoms with Crippen LogP contribution in [0.15, 0.2) is 54.4 Å². The fourth-order valence-corrected chi connectivity index (χ4v) is 2.93. The lowest BCUT2D eigenvalue weighted by Gasteiger charge is -2.02. The van der Waals surface area contributed by atoms with Gasteiger partial charge in [0.05, 0.1) is 16.8 Å². The van der Waals surface area contributed by atoms with Gasteiger partial charge in [0.2, 0.25) is 0 Å². The Morgan fingerprint density at radius 2 is 2.21 bits per heavy atom. The zero-order chi connectivity index (χ0) is 12.7. The van der Waals surface area contributed by atoms with Crippen molar-refractivity contribution >= 4 is 17.0 Å². The zero-order valence-corrected chi connectivity index (χ0v) is 10.8. The van der Waals surface area contributed by atoms with Gasteiger partial charge >= 0.3 is 0 Å². The molecule has 5 heteroatoms. The Labute approximate surface area is 113 Å². The van der Waals surface area contributed by atoms with Crippen LogP contribution >= 0.6 is 11.3 Å². The van der Waals surface area contributed by atoms with Crippen LogP contribution in [0, 0.1) is 0 Å². The normalized spacial score (nSPS) is 11.2. The SMILES string of the molecule is c1csc(-c2[nH]ncc2-c2ccc3nccn3c2)c1. The van der Waals surface area contributed by atoms with Crippen molar-refractivity contribution in [2.45, 2.75) is 0 Å². The molecular weight excluding hydrogens is 256 g/mol. The number of hydrogen-bond acceptors (Lipinski definition) is 3. The molecule has 1 N–H and O–H groups in total. The number of H-pyrrole nitrogens is 1. The van der Waals surface area contributed by atoms with E-state index in [1.165, 1.54) is 4.88 Å². The standard InChI is InChI=1S/C14H10N4S/c1-2-12(19-7-1)14-11(8-16-17-14)10-3-4-13-15-5-6-18(13)9-10/h1-9H,(H,16,17). The third-order valence-corrected chi connectivity index (χ3v) is 3.99. The van der Waals surface area contributed by atoms with E-state index in [4.69, 9.17) is 0 Å². The molecular formula is C14H10N4S. The van der Waals surface area contributed by atoms with Gasteiger partial charge in [-0.15, -0.1) is 11.3 Å². The minimum absolute atomic E-state index is 0.949. The van der Waals surface area contributed by atoms with Crippen molar-refractivity contribution in [3.63, 3.8) is 0 Å². The van der Waals surface area contributed by atoms with Crippen molar-refractivity contribution in [1.82, 2.24) is 19.6 Å². The lowest BCUT2D eigenvalue weighted by molar-refractivity contribution is 1.10. The van der Waals surface area contributed by atoms with Crippen LogP contribution < -0.4 is 0 Å². The number of fused-ring (bicyclic) bond motifs is 1. The first-order valence-corrected chi connectivity index (χ1v) is 6.80. The number of aromatic nitrogens is 4. The Balaban J connectivity index is 1.90. The second-order valence-electron chi connectivity index (χ2n) is 4.25. The summed E-state index contributed by atoms with van der Waals surface area (Å²) in [6, 6.07) is 8.23. The average molecular weight is 266 g/mol. The lowest BCUT2D eigenvalue weighted by atomic mass is 10.1. The largest absolute Gasteiger partial charge is 0.306 e. The summed E-state index contributed by atoms with van der Waals surface area (Å²) in [4.78, 5) is 5.45. The monoisotopic (exact) mass is 266 g/mol. The third kappa shape index (κ3) is 1.67. The molecule has 0 aliphatic carbocycles. The smallest absolute Gasteiger partial charge is 0.136 e. The summed E-state index contributed by atoms with van der Waals surface area (Å²) in [6.07, 6.45) is 7.69. The van der Waals surface area contributed by atoms with Gasteiger partial charge in [-0.25, -0.2) is 4.98 Å².